The van der Waals surface area contributed by atoms with Gasteiger partial charge in [-0.2, -0.15) is 0 Å². The van der Waals surface area contributed by atoms with E-state index in [9.17, 15) is 14.0 Å². The van der Waals surface area contributed by atoms with Crippen molar-refractivity contribution in [3.05, 3.63) is 35.6 Å². The van der Waals surface area contributed by atoms with Gasteiger partial charge in [0.2, 0.25) is 5.91 Å². The Morgan fingerprint density at radius 3 is 2.76 bits per heavy atom. The maximum Gasteiger partial charge on any atom is 0.308 e. The first-order valence-corrected chi connectivity index (χ1v) is 7.24. The molecule has 1 aliphatic rings. The highest BCUT2D eigenvalue weighted by molar-refractivity contribution is 5.80. The maximum atomic E-state index is 13.5. The summed E-state index contributed by atoms with van der Waals surface area (Å²) in [5.74, 6) is -1.80. The summed E-state index contributed by atoms with van der Waals surface area (Å²) >= 11 is 0. The summed E-state index contributed by atoms with van der Waals surface area (Å²) in [5, 5.41) is 8.95. The van der Waals surface area contributed by atoms with Crippen LogP contribution in [-0.2, 0) is 16.0 Å². The molecular weight excluding hydrogens is 273 g/mol. The zero-order chi connectivity index (χ0) is 15.4. The third-order valence-corrected chi connectivity index (χ3v) is 4.08. The summed E-state index contributed by atoms with van der Waals surface area (Å²) in [7, 11) is 0. The Labute approximate surface area is 123 Å². The molecule has 1 aliphatic heterocycles. The van der Waals surface area contributed by atoms with Crippen LogP contribution in [0.15, 0.2) is 24.3 Å². The highest BCUT2D eigenvalue weighted by atomic mass is 19.1. The quantitative estimate of drug-likeness (QED) is 0.906. The lowest BCUT2D eigenvalue weighted by Gasteiger charge is -2.20. The van der Waals surface area contributed by atoms with Crippen molar-refractivity contribution < 1.29 is 19.1 Å². The zero-order valence-electron chi connectivity index (χ0n) is 12.1. The standard InChI is InChI=1S/C16H20FNO3/c1-11(6-7-12-4-2-3-5-14(12)17)15(19)18-9-8-13(10-18)16(20)21/h2-5,11,13H,6-10H2,1H3,(H,20,21). The molecule has 4 nitrogen and oxygen atoms in total. The third-order valence-electron chi connectivity index (χ3n) is 4.08. The molecule has 114 valence electrons. The Morgan fingerprint density at radius 1 is 1.43 bits per heavy atom. The van der Waals surface area contributed by atoms with Crippen LogP contribution >= 0.6 is 0 Å². The lowest BCUT2D eigenvalue weighted by atomic mass is 9.99. The second kappa shape index (κ2) is 6.70. The van der Waals surface area contributed by atoms with E-state index < -0.39 is 11.9 Å². The Kier molecular flexibility index (Phi) is 4.94. The van der Waals surface area contributed by atoms with E-state index in [1.807, 2.05) is 6.92 Å². The van der Waals surface area contributed by atoms with Crippen LogP contribution in [0.3, 0.4) is 0 Å². The van der Waals surface area contributed by atoms with Crippen molar-refractivity contribution in [1.82, 2.24) is 4.90 Å². The molecule has 1 aromatic rings. The number of carbonyl (C=O) groups is 2. The first-order valence-electron chi connectivity index (χ1n) is 7.24. The number of aliphatic carboxylic acids is 1. The molecule has 1 amide bonds. The molecule has 1 saturated heterocycles. The van der Waals surface area contributed by atoms with Crippen molar-refractivity contribution in [2.75, 3.05) is 13.1 Å². The minimum atomic E-state index is -0.843. The van der Waals surface area contributed by atoms with E-state index in [2.05, 4.69) is 0 Å². The molecule has 0 aromatic heterocycles. The van der Waals surface area contributed by atoms with Crippen LogP contribution in [0.2, 0.25) is 0 Å². The number of hydrogen-bond acceptors (Lipinski definition) is 2. The van der Waals surface area contributed by atoms with E-state index in [1.165, 1.54) is 6.07 Å². The molecule has 1 fully saturated rings. The van der Waals surface area contributed by atoms with Crippen molar-refractivity contribution >= 4 is 11.9 Å². The highest BCUT2D eigenvalue weighted by Gasteiger charge is 2.32. The van der Waals surface area contributed by atoms with E-state index in [0.29, 0.717) is 31.4 Å². The number of carboxylic acids is 1. The maximum absolute atomic E-state index is 13.5. The molecule has 1 aromatic carbocycles. The fourth-order valence-corrected chi connectivity index (χ4v) is 2.67. The average Bonchev–Trinajstić information content (AvgIpc) is 2.95. The zero-order valence-corrected chi connectivity index (χ0v) is 12.1. The second-order valence-electron chi connectivity index (χ2n) is 5.64. The van der Waals surface area contributed by atoms with Gasteiger partial charge in [-0.1, -0.05) is 25.1 Å². The van der Waals surface area contributed by atoms with Crippen LogP contribution in [0.5, 0.6) is 0 Å². The molecule has 1 N–H and O–H groups in total. The summed E-state index contributed by atoms with van der Waals surface area (Å²) in [6.07, 6.45) is 1.59. The predicted octanol–water partition coefficient (Wildman–Crippen LogP) is 2.33. The molecule has 2 rings (SSSR count). The van der Waals surface area contributed by atoms with Crippen molar-refractivity contribution in [3.63, 3.8) is 0 Å². The van der Waals surface area contributed by atoms with Crippen molar-refractivity contribution in [3.8, 4) is 0 Å². The van der Waals surface area contributed by atoms with Gasteiger partial charge in [-0.15, -0.1) is 0 Å². The summed E-state index contributed by atoms with van der Waals surface area (Å²) in [5.41, 5.74) is 0.613. The van der Waals surface area contributed by atoms with E-state index in [4.69, 9.17) is 5.11 Å². The number of likely N-dealkylation sites (tertiary alicyclic amines) is 1. The van der Waals surface area contributed by atoms with Crippen LogP contribution < -0.4 is 0 Å². The number of aryl methyl sites for hydroxylation is 1. The summed E-state index contributed by atoms with van der Waals surface area (Å²) < 4.78 is 13.5. The number of amides is 1. The topological polar surface area (TPSA) is 57.6 Å². The van der Waals surface area contributed by atoms with Gasteiger partial charge in [0.15, 0.2) is 0 Å². The van der Waals surface area contributed by atoms with Gasteiger partial charge in [0.1, 0.15) is 5.82 Å². The number of rotatable bonds is 5. The van der Waals surface area contributed by atoms with Crippen molar-refractivity contribution in [2.24, 2.45) is 11.8 Å². The largest absolute Gasteiger partial charge is 0.481 e. The van der Waals surface area contributed by atoms with Crippen molar-refractivity contribution in [2.45, 2.75) is 26.2 Å². The normalized spacial score (nSPS) is 19.5. The van der Waals surface area contributed by atoms with Crippen molar-refractivity contribution in [1.29, 1.82) is 0 Å². The van der Waals surface area contributed by atoms with E-state index in [1.54, 1.807) is 23.1 Å². The molecule has 21 heavy (non-hydrogen) atoms. The summed E-state index contributed by atoms with van der Waals surface area (Å²) in [6, 6.07) is 6.56. The molecule has 0 aliphatic carbocycles. The molecule has 0 radical (unpaired) electrons. The second-order valence-corrected chi connectivity index (χ2v) is 5.64. The fraction of sp³-hybridized carbons (Fsp3) is 0.500. The van der Waals surface area contributed by atoms with Gasteiger partial charge in [-0.25, -0.2) is 4.39 Å². The fourth-order valence-electron chi connectivity index (χ4n) is 2.67. The molecule has 2 atom stereocenters. The number of nitrogens with zero attached hydrogens (tertiary/aromatic N) is 1. The SMILES string of the molecule is CC(CCc1ccccc1F)C(=O)N1CCC(C(=O)O)C1. The average molecular weight is 293 g/mol. The Bertz CT molecular complexity index is 532. The van der Waals surface area contributed by atoms with Gasteiger partial charge in [0.25, 0.3) is 0 Å². The first-order chi connectivity index (χ1) is 9.99. The van der Waals surface area contributed by atoms with Crippen LogP contribution in [0.25, 0.3) is 0 Å². The minimum Gasteiger partial charge on any atom is -0.481 e. The summed E-state index contributed by atoms with van der Waals surface area (Å²) in [6.45, 7) is 2.61. The molecular formula is C16H20FNO3. The smallest absolute Gasteiger partial charge is 0.308 e. The number of benzene rings is 1. The predicted molar refractivity (Wildman–Crippen MR) is 76.2 cm³/mol. The highest BCUT2D eigenvalue weighted by Crippen LogP contribution is 2.21. The molecule has 5 heteroatoms. The molecule has 0 saturated carbocycles. The van der Waals surface area contributed by atoms with Crippen LogP contribution in [0.4, 0.5) is 4.39 Å². The first kappa shape index (κ1) is 15.5. The van der Waals surface area contributed by atoms with Gasteiger partial charge < -0.3 is 10.0 Å². The van der Waals surface area contributed by atoms with Crippen LogP contribution in [-0.4, -0.2) is 35.0 Å². The number of carbonyl (C=O) groups excluding carboxylic acids is 1. The number of hydrogen-bond donors (Lipinski definition) is 1. The molecule has 0 spiro atoms. The monoisotopic (exact) mass is 293 g/mol. The number of halogens is 1. The van der Waals surface area contributed by atoms with Crippen LogP contribution in [0, 0.1) is 17.7 Å². The minimum absolute atomic E-state index is 0.0323. The van der Waals surface area contributed by atoms with Gasteiger partial charge in [-0.3, -0.25) is 9.59 Å². The lowest BCUT2D eigenvalue weighted by Crippen LogP contribution is -2.34. The van der Waals surface area contributed by atoms with Crippen LogP contribution in [0.1, 0.15) is 25.3 Å². The van der Waals surface area contributed by atoms with Gasteiger partial charge in [0, 0.05) is 19.0 Å². The number of carboxylic acid groups (broad SMARTS) is 1. The van der Waals surface area contributed by atoms with E-state index in [-0.39, 0.29) is 24.2 Å². The lowest BCUT2D eigenvalue weighted by molar-refractivity contribution is -0.141. The third kappa shape index (κ3) is 3.80. The Hall–Kier alpha value is -1.91. The molecule has 2 unspecified atom stereocenters. The molecule has 1 heterocycles. The van der Waals surface area contributed by atoms with E-state index >= 15 is 0 Å². The summed E-state index contributed by atoms with van der Waals surface area (Å²) in [4.78, 5) is 24.8. The Balaban J connectivity index is 1.86. The van der Waals surface area contributed by atoms with Gasteiger partial charge in [-0.05, 0) is 30.9 Å². The molecule has 0 bridgehead atoms. The van der Waals surface area contributed by atoms with Gasteiger partial charge >= 0.3 is 5.97 Å². The van der Waals surface area contributed by atoms with E-state index in [0.717, 1.165) is 0 Å². The van der Waals surface area contributed by atoms with Gasteiger partial charge in [0.05, 0.1) is 5.92 Å². The Morgan fingerprint density at radius 2 is 2.14 bits per heavy atom.